The summed E-state index contributed by atoms with van der Waals surface area (Å²) in [6, 6.07) is 9.49. The van der Waals surface area contributed by atoms with E-state index in [2.05, 4.69) is 4.98 Å². The molecule has 0 unspecified atom stereocenters. The number of aromatic nitrogens is 2. The first-order valence-corrected chi connectivity index (χ1v) is 6.66. The van der Waals surface area contributed by atoms with Crippen molar-refractivity contribution in [1.82, 2.24) is 9.55 Å². The van der Waals surface area contributed by atoms with Crippen molar-refractivity contribution in [3.05, 3.63) is 63.7 Å². The largest absolute Gasteiger partial charge is 0.317 e. The van der Waals surface area contributed by atoms with Crippen LogP contribution >= 0.6 is 11.6 Å². The second-order valence-electron chi connectivity index (χ2n) is 4.82. The molecule has 0 aliphatic rings. The van der Waals surface area contributed by atoms with Crippen LogP contribution in [-0.4, -0.2) is 9.55 Å². The van der Waals surface area contributed by atoms with Crippen LogP contribution < -0.4 is 5.56 Å². The Bertz CT molecular complexity index is 868. The van der Waals surface area contributed by atoms with Gasteiger partial charge in [0.1, 0.15) is 0 Å². The number of fused-ring (bicyclic) bond motifs is 1. The van der Waals surface area contributed by atoms with Crippen LogP contribution in [0.2, 0.25) is 5.02 Å². The van der Waals surface area contributed by atoms with Crippen molar-refractivity contribution in [1.29, 1.82) is 0 Å². The van der Waals surface area contributed by atoms with Gasteiger partial charge in [0.05, 0.1) is 10.5 Å². The molecule has 1 aromatic carbocycles. The molecule has 20 heavy (non-hydrogen) atoms. The van der Waals surface area contributed by atoms with Gasteiger partial charge in [-0.05, 0) is 30.2 Å². The third-order valence-corrected chi connectivity index (χ3v) is 3.62. The Morgan fingerprint density at radius 3 is 2.80 bits per heavy atom. The average molecular weight is 285 g/mol. The number of pyridine rings is 2. The quantitative estimate of drug-likeness (QED) is 0.685. The number of hydrogen-bond donors (Lipinski definition) is 0. The van der Waals surface area contributed by atoms with Gasteiger partial charge in [0.25, 0.3) is 5.56 Å². The normalized spacial score (nSPS) is 10.9. The van der Waals surface area contributed by atoms with Gasteiger partial charge < -0.3 is 4.57 Å². The zero-order valence-electron chi connectivity index (χ0n) is 11.2. The van der Waals surface area contributed by atoms with Crippen molar-refractivity contribution in [2.75, 3.05) is 0 Å². The minimum absolute atomic E-state index is 0.0663. The SMILES string of the molecule is Cc1ccc(-c2cc(Cl)cn(C)c2=O)c2cccnc12. The Morgan fingerprint density at radius 2 is 2.00 bits per heavy atom. The van der Waals surface area contributed by atoms with Gasteiger partial charge in [0, 0.05) is 30.4 Å². The molecule has 100 valence electrons. The van der Waals surface area contributed by atoms with Crippen LogP contribution in [0.5, 0.6) is 0 Å². The molecule has 0 aliphatic heterocycles. The molecule has 0 spiro atoms. The summed E-state index contributed by atoms with van der Waals surface area (Å²) in [5, 5.41) is 1.51. The average Bonchev–Trinajstić information content (AvgIpc) is 2.44. The molecule has 3 nitrogen and oxygen atoms in total. The minimum Gasteiger partial charge on any atom is -0.317 e. The Morgan fingerprint density at radius 1 is 1.20 bits per heavy atom. The van der Waals surface area contributed by atoms with Crippen molar-refractivity contribution >= 4 is 22.5 Å². The van der Waals surface area contributed by atoms with Gasteiger partial charge in [0.15, 0.2) is 0 Å². The molecule has 0 N–H and O–H groups in total. The van der Waals surface area contributed by atoms with Crippen LogP contribution in [0.15, 0.2) is 47.5 Å². The maximum Gasteiger partial charge on any atom is 0.258 e. The summed E-state index contributed by atoms with van der Waals surface area (Å²) in [6.07, 6.45) is 3.37. The third kappa shape index (κ3) is 2.00. The maximum absolute atomic E-state index is 12.3. The molecule has 0 saturated carbocycles. The van der Waals surface area contributed by atoms with E-state index in [1.807, 2.05) is 31.2 Å². The summed E-state index contributed by atoms with van der Waals surface area (Å²) < 4.78 is 1.50. The summed E-state index contributed by atoms with van der Waals surface area (Å²) in [4.78, 5) is 16.7. The van der Waals surface area contributed by atoms with Gasteiger partial charge >= 0.3 is 0 Å². The molecule has 0 radical (unpaired) electrons. The third-order valence-electron chi connectivity index (χ3n) is 3.41. The summed E-state index contributed by atoms with van der Waals surface area (Å²) in [5.41, 5.74) is 3.39. The van der Waals surface area contributed by atoms with Crippen LogP contribution in [0, 0.1) is 6.92 Å². The summed E-state index contributed by atoms with van der Waals surface area (Å²) in [7, 11) is 1.70. The van der Waals surface area contributed by atoms with Crippen LogP contribution in [0.25, 0.3) is 22.0 Å². The Labute approximate surface area is 121 Å². The standard InChI is InChI=1S/C16H13ClN2O/c1-10-5-6-12(13-4-3-7-18-15(10)13)14-8-11(17)9-19(2)16(14)20/h3-9H,1-2H3. The lowest BCUT2D eigenvalue weighted by molar-refractivity contribution is 0.863. The molecule has 0 fully saturated rings. The number of nitrogens with zero attached hydrogens (tertiary/aromatic N) is 2. The monoisotopic (exact) mass is 284 g/mol. The summed E-state index contributed by atoms with van der Waals surface area (Å²) in [5.74, 6) is 0. The fraction of sp³-hybridized carbons (Fsp3) is 0.125. The van der Waals surface area contributed by atoms with E-state index in [1.54, 1.807) is 25.5 Å². The van der Waals surface area contributed by atoms with Crippen molar-refractivity contribution in [2.24, 2.45) is 7.05 Å². The molecule has 0 atom stereocenters. The predicted octanol–water partition coefficient (Wildman–Crippen LogP) is 3.56. The van der Waals surface area contributed by atoms with Crippen LogP contribution in [0.4, 0.5) is 0 Å². The smallest absolute Gasteiger partial charge is 0.258 e. The Kier molecular flexibility index (Phi) is 3.07. The second kappa shape index (κ2) is 4.76. The molecule has 3 aromatic rings. The van der Waals surface area contributed by atoms with Gasteiger partial charge in [-0.2, -0.15) is 0 Å². The van der Waals surface area contributed by atoms with Gasteiger partial charge in [-0.25, -0.2) is 0 Å². The van der Waals surface area contributed by atoms with E-state index in [4.69, 9.17) is 11.6 Å². The van der Waals surface area contributed by atoms with E-state index in [-0.39, 0.29) is 5.56 Å². The van der Waals surface area contributed by atoms with Gasteiger partial charge in [-0.3, -0.25) is 9.78 Å². The Hall–Kier alpha value is -2.13. The van der Waals surface area contributed by atoms with E-state index < -0.39 is 0 Å². The lowest BCUT2D eigenvalue weighted by Gasteiger charge is -2.09. The maximum atomic E-state index is 12.3. The fourth-order valence-electron chi connectivity index (χ4n) is 2.41. The van der Waals surface area contributed by atoms with Crippen LogP contribution in [0.1, 0.15) is 5.56 Å². The van der Waals surface area contributed by atoms with Crippen LogP contribution in [-0.2, 0) is 7.05 Å². The fourth-order valence-corrected chi connectivity index (χ4v) is 2.67. The summed E-state index contributed by atoms with van der Waals surface area (Å²) in [6.45, 7) is 2.01. The minimum atomic E-state index is -0.0663. The summed E-state index contributed by atoms with van der Waals surface area (Å²) >= 11 is 6.08. The first-order valence-electron chi connectivity index (χ1n) is 6.29. The van der Waals surface area contributed by atoms with E-state index in [1.165, 1.54) is 4.57 Å². The zero-order valence-corrected chi connectivity index (χ0v) is 12.0. The van der Waals surface area contributed by atoms with E-state index >= 15 is 0 Å². The van der Waals surface area contributed by atoms with E-state index in [0.717, 1.165) is 22.0 Å². The number of hydrogen-bond acceptors (Lipinski definition) is 2. The van der Waals surface area contributed by atoms with E-state index in [9.17, 15) is 4.79 Å². The van der Waals surface area contributed by atoms with Crippen molar-refractivity contribution in [3.8, 4) is 11.1 Å². The number of aryl methyl sites for hydroxylation is 2. The molecule has 2 aromatic heterocycles. The molecule has 0 bridgehead atoms. The highest BCUT2D eigenvalue weighted by Gasteiger charge is 2.11. The molecule has 4 heteroatoms. The van der Waals surface area contributed by atoms with Crippen LogP contribution in [0.3, 0.4) is 0 Å². The highest BCUT2D eigenvalue weighted by Crippen LogP contribution is 2.28. The molecule has 0 amide bonds. The number of halogens is 1. The molecule has 0 aliphatic carbocycles. The second-order valence-corrected chi connectivity index (χ2v) is 5.25. The first-order chi connectivity index (χ1) is 9.58. The number of benzene rings is 1. The molecule has 3 rings (SSSR count). The van der Waals surface area contributed by atoms with Crippen molar-refractivity contribution in [3.63, 3.8) is 0 Å². The predicted molar refractivity (Wildman–Crippen MR) is 82.2 cm³/mol. The molecule has 0 saturated heterocycles. The lowest BCUT2D eigenvalue weighted by atomic mass is 9.99. The highest BCUT2D eigenvalue weighted by atomic mass is 35.5. The van der Waals surface area contributed by atoms with Gasteiger partial charge in [0.2, 0.25) is 0 Å². The molecular weight excluding hydrogens is 272 g/mol. The van der Waals surface area contributed by atoms with Crippen molar-refractivity contribution < 1.29 is 0 Å². The molecule has 2 heterocycles. The Balaban J connectivity index is 2.42. The topological polar surface area (TPSA) is 34.9 Å². The van der Waals surface area contributed by atoms with Gasteiger partial charge in [-0.1, -0.05) is 29.8 Å². The first kappa shape index (κ1) is 12.9. The number of rotatable bonds is 1. The van der Waals surface area contributed by atoms with Crippen molar-refractivity contribution in [2.45, 2.75) is 6.92 Å². The highest BCUT2D eigenvalue weighted by molar-refractivity contribution is 6.30. The molecular formula is C16H13ClN2O. The lowest BCUT2D eigenvalue weighted by Crippen LogP contribution is -2.17. The van der Waals surface area contributed by atoms with Gasteiger partial charge in [-0.15, -0.1) is 0 Å². The van der Waals surface area contributed by atoms with E-state index in [0.29, 0.717) is 10.6 Å². The zero-order chi connectivity index (χ0) is 14.3.